The Kier molecular flexibility index (Phi) is 5.34. The van der Waals surface area contributed by atoms with Crippen molar-refractivity contribution in [2.75, 3.05) is 11.9 Å². The van der Waals surface area contributed by atoms with Crippen molar-refractivity contribution in [1.82, 2.24) is 5.32 Å². The molecule has 2 aromatic rings. The molecule has 5 nitrogen and oxygen atoms in total. The third kappa shape index (κ3) is 3.97. The molecule has 24 heavy (non-hydrogen) atoms. The lowest BCUT2D eigenvalue weighted by molar-refractivity contribution is 0.0584. The van der Waals surface area contributed by atoms with E-state index in [0.717, 1.165) is 29.0 Å². The second-order valence-corrected chi connectivity index (χ2v) is 6.37. The number of carbonyl (C=O) groups excluding carboxylic acids is 1. The predicted octanol–water partition coefficient (Wildman–Crippen LogP) is 3.80. The minimum Gasteiger partial charge on any atom is -0.466 e. The molecule has 0 bridgehead atoms. The van der Waals surface area contributed by atoms with Crippen LogP contribution in [0.3, 0.4) is 0 Å². The van der Waals surface area contributed by atoms with E-state index >= 15 is 0 Å². The highest BCUT2D eigenvalue weighted by Crippen LogP contribution is 2.26. The minimum atomic E-state index is -1.20. The van der Waals surface area contributed by atoms with Crippen LogP contribution < -0.4 is 10.6 Å². The fourth-order valence-electron chi connectivity index (χ4n) is 2.87. The van der Waals surface area contributed by atoms with Gasteiger partial charge < -0.3 is 20.2 Å². The highest BCUT2D eigenvalue weighted by Gasteiger charge is 2.28. The van der Waals surface area contributed by atoms with Crippen LogP contribution in [0.1, 0.15) is 42.1 Å². The molecule has 0 aliphatic carbocycles. The standard InChI is InChI=1S/C19H26N2O3/c1-6-15-9-7-8-12(2)17(15)21-18(22)20-11-19(5,23)16-10-13(3)24-14(16)4/h7-10,23H,6,11H2,1-5H3,(H2,20,21,22). The topological polar surface area (TPSA) is 74.5 Å². The minimum absolute atomic E-state index is 0.0893. The van der Waals surface area contributed by atoms with Crippen LogP contribution >= 0.6 is 0 Å². The van der Waals surface area contributed by atoms with Crippen LogP contribution in [0.2, 0.25) is 0 Å². The normalized spacial score (nSPS) is 13.4. The van der Waals surface area contributed by atoms with Crippen molar-refractivity contribution in [3.8, 4) is 0 Å². The molecule has 1 aromatic carbocycles. The molecule has 2 rings (SSSR count). The number of rotatable bonds is 5. The first-order chi connectivity index (χ1) is 11.2. The van der Waals surface area contributed by atoms with E-state index in [2.05, 4.69) is 10.6 Å². The number of aryl methyl sites for hydroxylation is 4. The smallest absolute Gasteiger partial charge is 0.319 e. The SMILES string of the molecule is CCc1cccc(C)c1NC(=O)NCC(C)(O)c1cc(C)oc1C. The lowest BCUT2D eigenvalue weighted by atomic mass is 9.96. The summed E-state index contributed by atoms with van der Waals surface area (Å²) in [4.78, 5) is 12.2. The van der Waals surface area contributed by atoms with Crippen LogP contribution in [-0.4, -0.2) is 17.7 Å². The molecule has 130 valence electrons. The van der Waals surface area contributed by atoms with E-state index in [1.165, 1.54) is 0 Å². The summed E-state index contributed by atoms with van der Waals surface area (Å²) in [6, 6.07) is 7.40. The summed E-state index contributed by atoms with van der Waals surface area (Å²) in [5.41, 5.74) is 2.41. The molecule has 0 saturated carbocycles. The van der Waals surface area contributed by atoms with E-state index in [1.807, 2.05) is 39.0 Å². The van der Waals surface area contributed by atoms with Crippen molar-refractivity contribution in [2.24, 2.45) is 0 Å². The van der Waals surface area contributed by atoms with E-state index in [9.17, 15) is 9.90 Å². The Morgan fingerprint density at radius 2 is 2.00 bits per heavy atom. The largest absolute Gasteiger partial charge is 0.466 e. The van der Waals surface area contributed by atoms with Gasteiger partial charge in [-0.1, -0.05) is 25.1 Å². The Morgan fingerprint density at radius 1 is 1.29 bits per heavy atom. The summed E-state index contributed by atoms with van der Waals surface area (Å²) in [5.74, 6) is 1.40. The molecule has 0 aliphatic rings. The van der Waals surface area contributed by atoms with Crippen molar-refractivity contribution in [3.05, 3.63) is 52.5 Å². The van der Waals surface area contributed by atoms with Crippen molar-refractivity contribution in [3.63, 3.8) is 0 Å². The van der Waals surface area contributed by atoms with Gasteiger partial charge in [0.1, 0.15) is 17.1 Å². The van der Waals surface area contributed by atoms with E-state index < -0.39 is 5.60 Å². The molecular formula is C19H26N2O3. The Morgan fingerprint density at radius 3 is 2.58 bits per heavy atom. The average Bonchev–Trinajstić information content (AvgIpc) is 2.87. The fraction of sp³-hybridized carbons (Fsp3) is 0.421. The van der Waals surface area contributed by atoms with Crippen LogP contribution in [0.5, 0.6) is 0 Å². The number of amides is 2. The van der Waals surface area contributed by atoms with Gasteiger partial charge in [-0.15, -0.1) is 0 Å². The quantitative estimate of drug-likeness (QED) is 0.780. The van der Waals surface area contributed by atoms with Gasteiger partial charge in [-0.05, 0) is 51.3 Å². The Labute approximate surface area is 143 Å². The number of hydrogen-bond donors (Lipinski definition) is 3. The van der Waals surface area contributed by atoms with Gasteiger partial charge in [-0.2, -0.15) is 0 Å². The van der Waals surface area contributed by atoms with E-state index in [-0.39, 0.29) is 12.6 Å². The second kappa shape index (κ2) is 7.09. The van der Waals surface area contributed by atoms with Crippen LogP contribution in [0, 0.1) is 20.8 Å². The molecule has 1 atom stereocenters. The highest BCUT2D eigenvalue weighted by atomic mass is 16.3. The number of hydrogen-bond acceptors (Lipinski definition) is 3. The number of aliphatic hydroxyl groups is 1. The lowest BCUT2D eigenvalue weighted by Crippen LogP contribution is -2.40. The van der Waals surface area contributed by atoms with Gasteiger partial charge in [-0.3, -0.25) is 0 Å². The molecule has 0 fully saturated rings. The summed E-state index contributed by atoms with van der Waals surface area (Å²) < 4.78 is 5.46. The number of urea groups is 1. The Balaban J connectivity index is 2.05. The van der Waals surface area contributed by atoms with Gasteiger partial charge >= 0.3 is 6.03 Å². The van der Waals surface area contributed by atoms with Crippen LogP contribution in [0.15, 0.2) is 28.7 Å². The molecule has 2 amide bonds. The van der Waals surface area contributed by atoms with E-state index in [4.69, 9.17) is 4.42 Å². The molecule has 0 aliphatic heterocycles. The summed E-state index contributed by atoms with van der Waals surface area (Å²) in [6.07, 6.45) is 0.836. The summed E-state index contributed by atoms with van der Waals surface area (Å²) in [7, 11) is 0. The third-order valence-corrected chi connectivity index (χ3v) is 4.19. The fourth-order valence-corrected chi connectivity index (χ4v) is 2.87. The molecule has 1 heterocycles. The average molecular weight is 330 g/mol. The van der Waals surface area contributed by atoms with Crippen molar-refractivity contribution < 1.29 is 14.3 Å². The van der Waals surface area contributed by atoms with Gasteiger partial charge in [0.05, 0.1) is 6.54 Å². The molecule has 5 heteroatoms. The first-order valence-corrected chi connectivity index (χ1v) is 8.18. The van der Waals surface area contributed by atoms with Crippen LogP contribution in [-0.2, 0) is 12.0 Å². The first-order valence-electron chi connectivity index (χ1n) is 8.18. The molecule has 0 spiro atoms. The number of carbonyl (C=O) groups is 1. The van der Waals surface area contributed by atoms with Crippen LogP contribution in [0.4, 0.5) is 10.5 Å². The van der Waals surface area contributed by atoms with E-state index in [0.29, 0.717) is 11.3 Å². The number of benzene rings is 1. The zero-order chi connectivity index (χ0) is 17.9. The van der Waals surface area contributed by atoms with Crippen molar-refractivity contribution in [2.45, 2.75) is 46.6 Å². The van der Waals surface area contributed by atoms with Gasteiger partial charge in [-0.25, -0.2) is 4.79 Å². The number of furan rings is 1. The number of nitrogens with one attached hydrogen (secondary N) is 2. The first kappa shape index (κ1) is 18.1. The maximum Gasteiger partial charge on any atom is 0.319 e. The maximum absolute atomic E-state index is 12.2. The third-order valence-electron chi connectivity index (χ3n) is 4.19. The molecule has 1 aromatic heterocycles. The summed E-state index contributed by atoms with van der Waals surface area (Å²) in [5, 5.41) is 16.3. The Bertz CT molecular complexity index is 732. The zero-order valence-electron chi connectivity index (χ0n) is 15.0. The lowest BCUT2D eigenvalue weighted by Gasteiger charge is -2.23. The van der Waals surface area contributed by atoms with Crippen LogP contribution in [0.25, 0.3) is 0 Å². The monoisotopic (exact) mass is 330 g/mol. The van der Waals surface area contributed by atoms with Gasteiger partial charge in [0, 0.05) is 11.3 Å². The van der Waals surface area contributed by atoms with Crippen molar-refractivity contribution >= 4 is 11.7 Å². The second-order valence-electron chi connectivity index (χ2n) is 6.37. The molecule has 0 saturated heterocycles. The van der Waals surface area contributed by atoms with Crippen molar-refractivity contribution in [1.29, 1.82) is 0 Å². The maximum atomic E-state index is 12.2. The predicted molar refractivity (Wildman–Crippen MR) is 95.3 cm³/mol. The van der Waals surface area contributed by atoms with Gasteiger partial charge in [0.25, 0.3) is 0 Å². The van der Waals surface area contributed by atoms with Gasteiger partial charge in [0.15, 0.2) is 0 Å². The van der Waals surface area contributed by atoms with E-state index in [1.54, 1.807) is 19.9 Å². The number of para-hydroxylation sites is 1. The zero-order valence-corrected chi connectivity index (χ0v) is 15.0. The molecule has 3 N–H and O–H groups in total. The molecule has 1 unspecified atom stereocenters. The number of anilines is 1. The van der Waals surface area contributed by atoms with Gasteiger partial charge in [0.2, 0.25) is 0 Å². The molecule has 0 radical (unpaired) electrons. The summed E-state index contributed by atoms with van der Waals surface area (Å²) >= 11 is 0. The Hall–Kier alpha value is -2.27. The summed E-state index contributed by atoms with van der Waals surface area (Å²) in [6.45, 7) is 9.39. The highest BCUT2D eigenvalue weighted by molar-refractivity contribution is 5.91. The molecular weight excluding hydrogens is 304 g/mol.